The number of aliphatic hydroxyl groups is 4. The summed E-state index contributed by atoms with van der Waals surface area (Å²) in [5.74, 6) is -2.49. The Morgan fingerprint density at radius 3 is 2.52 bits per heavy atom. The van der Waals surface area contributed by atoms with Crippen LogP contribution in [0.3, 0.4) is 0 Å². The number of fused-ring (bicyclic) bond motifs is 3. The minimum absolute atomic E-state index is 0.118. The van der Waals surface area contributed by atoms with Crippen molar-refractivity contribution in [3.63, 3.8) is 0 Å². The number of unbranched alkanes of at least 4 members (excludes halogenated alkanes) is 2. The van der Waals surface area contributed by atoms with Crippen LogP contribution in [0.1, 0.15) is 66.7 Å². The first-order valence-corrected chi connectivity index (χ1v) is 12.2. The number of allylic oxidation sites excluding steroid dienone is 1. The summed E-state index contributed by atoms with van der Waals surface area (Å²) in [6.07, 6.45) is 3.29. The Bertz CT molecular complexity index is 920. The van der Waals surface area contributed by atoms with Crippen molar-refractivity contribution in [3.8, 4) is 0 Å². The zero-order valence-corrected chi connectivity index (χ0v) is 20.3. The molecule has 2 bridgehead atoms. The summed E-state index contributed by atoms with van der Waals surface area (Å²) in [7, 11) is 0. The van der Waals surface area contributed by atoms with Crippen molar-refractivity contribution in [3.05, 3.63) is 23.3 Å². The number of Topliss-reactive ketones (excluding diaryl/α,β-unsaturated/α-hetero) is 1. The van der Waals surface area contributed by atoms with Gasteiger partial charge < -0.3 is 25.2 Å². The van der Waals surface area contributed by atoms with Gasteiger partial charge in [-0.25, -0.2) is 0 Å². The number of aliphatic hydroxyl groups excluding tert-OH is 2. The first kappa shape index (κ1) is 24.6. The summed E-state index contributed by atoms with van der Waals surface area (Å²) in [6, 6.07) is 0. The highest BCUT2D eigenvalue weighted by Gasteiger charge is 2.81. The number of rotatable bonds is 6. The van der Waals surface area contributed by atoms with E-state index in [1.54, 1.807) is 19.9 Å². The van der Waals surface area contributed by atoms with Crippen LogP contribution in [0.25, 0.3) is 0 Å². The lowest BCUT2D eigenvalue weighted by Crippen LogP contribution is -2.66. The van der Waals surface area contributed by atoms with Crippen LogP contribution < -0.4 is 0 Å². The molecule has 2 saturated carbocycles. The van der Waals surface area contributed by atoms with Crippen molar-refractivity contribution in [1.29, 1.82) is 0 Å². The molecule has 1 spiro atoms. The molecule has 0 unspecified atom stereocenters. The van der Waals surface area contributed by atoms with Crippen LogP contribution in [-0.2, 0) is 14.3 Å². The molecular weight excluding hydrogens is 424 g/mol. The summed E-state index contributed by atoms with van der Waals surface area (Å²) in [6.45, 7) is 8.82. The minimum atomic E-state index is -2.17. The summed E-state index contributed by atoms with van der Waals surface area (Å²) in [4.78, 5) is 26.9. The molecule has 0 radical (unpaired) electrons. The average Bonchev–Trinajstić information content (AvgIpc) is 3.11. The van der Waals surface area contributed by atoms with E-state index in [4.69, 9.17) is 4.74 Å². The van der Waals surface area contributed by atoms with Crippen LogP contribution in [0, 0.1) is 28.6 Å². The van der Waals surface area contributed by atoms with Crippen LogP contribution in [-0.4, -0.2) is 62.2 Å². The fourth-order valence-corrected chi connectivity index (χ4v) is 7.40. The van der Waals surface area contributed by atoms with E-state index in [0.29, 0.717) is 12.0 Å². The van der Waals surface area contributed by atoms with E-state index < -0.39 is 58.7 Å². The molecule has 2 fully saturated rings. The fraction of sp³-hybridized carbons (Fsp3) is 0.769. The van der Waals surface area contributed by atoms with Gasteiger partial charge in [-0.15, -0.1) is 0 Å². The maximum Gasteiger partial charge on any atom is 0.306 e. The SMILES string of the molecule is CCCCCC(=O)O[C@H]1C(C)=C[C@]23C(=O)[C@@H](C=C(CO)[C@@H](O)[C@]12O)[C@@H]1C(C)(C)[C@]1(O)C[C@H]3C. The molecule has 33 heavy (non-hydrogen) atoms. The largest absolute Gasteiger partial charge is 0.455 e. The van der Waals surface area contributed by atoms with Gasteiger partial charge in [0.25, 0.3) is 0 Å². The van der Waals surface area contributed by atoms with Gasteiger partial charge in [0.15, 0.2) is 17.5 Å². The van der Waals surface area contributed by atoms with Crippen molar-refractivity contribution in [2.75, 3.05) is 6.61 Å². The second-order valence-electron chi connectivity index (χ2n) is 11.3. The molecule has 7 nitrogen and oxygen atoms in total. The molecule has 0 aromatic rings. The predicted octanol–water partition coefficient (Wildman–Crippen LogP) is 2.06. The molecule has 4 rings (SSSR count). The normalized spacial score (nSPS) is 45.2. The second kappa shape index (κ2) is 7.74. The molecule has 4 aliphatic carbocycles. The second-order valence-corrected chi connectivity index (χ2v) is 11.3. The number of ketones is 1. The topological polar surface area (TPSA) is 124 Å². The fourth-order valence-electron chi connectivity index (χ4n) is 7.40. The van der Waals surface area contributed by atoms with Crippen molar-refractivity contribution in [1.82, 2.24) is 0 Å². The lowest BCUT2D eigenvalue weighted by Gasteiger charge is -2.49. The first-order valence-electron chi connectivity index (χ1n) is 12.2. The third kappa shape index (κ3) is 2.95. The third-order valence-electron chi connectivity index (χ3n) is 9.30. The molecular formula is C26H38O7. The standard InChI is InChI=1S/C26H38O7/c1-6-7-8-9-18(28)33-22-14(2)11-24-15(3)12-25(31)19(23(25,4)5)17(21(24)30)10-16(13-27)20(29)26(22,24)32/h10-11,15,17,19-20,22,27,29,31-32H,6-9,12-13H2,1-5H3/t15-,17+,19-,20-,22+,24+,25+,26+/m1/s1. The zero-order chi connectivity index (χ0) is 24.6. The van der Waals surface area contributed by atoms with Crippen LogP contribution in [0.5, 0.6) is 0 Å². The summed E-state index contributed by atoms with van der Waals surface area (Å²) in [5, 5.41) is 45.3. The van der Waals surface area contributed by atoms with Crippen LogP contribution in [0.2, 0.25) is 0 Å². The molecule has 0 aromatic heterocycles. The van der Waals surface area contributed by atoms with Crippen molar-refractivity contribution >= 4 is 11.8 Å². The Kier molecular flexibility index (Phi) is 5.76. The van der Waals surface area contributed by atoms with E-state index >= 15 is 0 Å². The van der Waals surface area contributed by atoms with Crippen molar-refractivity contribution < 1.29 is 34.8 Å². The number of carbonyl (C=O) groups excluding carboxylic acids is 2. The molecule has 0 heterocycles. The van der Waals surface area contributed by atoms with Crippen LogP contribution in [0.15, 0.2) is 23.3 Å². The maximum absolute atomic E-state index is 14.2. The van der Waals surface area contributed by atoms with Gasteiger partial charge in [0.2, 0.25) is 0 Å². The summed E-state index contributed by atoms with van der Waals surface area (Å²) >= 11 is 0. The number of carbonyl (C=O) groups is 2. The Labute approximate surface area is 195 Å². The van der Waals surface area contributed by atoms with Gasteiger partial charge in [-0.05, 0) is 36.8 Å². The Morgan fingerprint density at radius 1 is 1.24 bits per heavy atom. The molecule has 0 aliphatic heterocycles. The molecule has 0 aromatic carbocycles. The van der Waals surface area contributed by atoms with Crippen molar-refractivity contribution in [2.24, 2.45) is 28.6 Å². The van der Waals surface area contributed by atoms with Crippen LogP contribution in [0.4, 0.5) is 0 Å². The number of hydrogen-bond donors (Lipinski definition) is 4. The molecule has 0 amide bonds. The highest BCUT2D eigenvalue weighted by Crippen LogP contribution is 2.73. The van der Waals surface area contributed by atoms with Gasteiger partial charge >= 0.3 is 5.97 Å². The van der Waals surface area contributed by atoms with E-state index in [1.165, 1.54) is 6.08 Å². The number of hydrogen-bond acceptors (Lipinski definition) is 7. The van der Waals surface area contributed by atoms with Gasteiger partial charge in [0.1, 0.15) is 6.10 Å². The molecule has 7 heteroatoms. The molecule has 4 aliphatic rings. The molecule has 0 saturated heterocycles. The van der Waals surface area contributed by atoms with E-state index in [2.05, 4.69) is 0 Å². The maximum atomic E-state index is 14.2. The van der Waals surface area contributed by atoms with Gasteiger partial charge in [-0.3, -0.25) is 9.59 Å². The van der Waals surface area contributed by atoms with Crippen LogP contribution >= 0.6 is 0 Å². The third-order valence-corrected chi connectivity index (χ3v) is 9.30. The van der Waals surface area contributed by atoms with E-state index in [-0.39, 0.29) is 30.1 Å². The smallest absolute Gasteiger partial charge is 0.306 e. The summed E-state index contributed by atoms with van der Waals surface area (Å²) in [5.41, 5.74) is -4.73. The zero-order valence-electron chi connectivity index (χ0n) is 20.3. The molecule has 8 atom stereocenters. The highest BCUT2D eigenvalue weighted by atomic mass is 16.6. The Balaban J connectivity index is 1.83. The molecule has 184 valence electrons. The average molecular weight is 463 g/mol. The predicted molar refractivity (Wildman–Crippen MR) is 121 cm³/mol. The Hall–Kier alpha value is -1.54. The Morgan fingerprint density at radius 2 is 1.91 bits per heavy atom. The van der Waals surface area contributed by atoms with Crippen molar-refractivity contribution in [2.45, 2.75) is 90.1 Å². The quantitative estimate of drug-likeness (QED) is 0.271. The van der Waals surface area contributed by atoms with E-state index in [1.807, 2.05) is 20.8 Å². The first-order chi connectivity index (χ1) is 15.3. The number of esters is 1. The van der Waals surface area contributed by atoms with Gasteiger partial charge in [0.05, 0.1) is 17.6 Å². The molecule has 4 N–H and O–H groups in total. The van der Waals surface area contributed by atoms with E-state index in [9.17, 15) is 30.0 Å². The van der Waals surface area contributed by atoms with E-state index in [0.717, 1.165) is 12.8 Å². The van der Waals surface area contributed by atoms with Gasteiger partial charge in [-0.2, -0.15) is 0 Å². The highest BCUT2D eigenvalue weighted by molar-refractivity contribution is 5.95. The lowest BCUT2D eigenvalue weighted by atomic mass is 9.59. The summed E-state index contributed by atoms with van der Waals surface area (Å²) < 4.78 is 5.75. The minimum Gasteiger partial charge on any atom is -0.455 e. The van der Waals surface area contributed by atoms with Gasteiger partial charge in [0, 0.05) is 23.7 Å². The number of ether oxygens (including phenoxy) is 1. The lowest BCUT2D eigenvalue weighted by molar-refractivity contribution is -0.204. The monoisotopic (exact) mass is 462 g/mol. The van der Waals surface area contributed by atoms with Gasteiger partial charge in [-0.1, -0.05) is 52.7 Å².